The van der Waals surface area contributed by atoms with Gasteiger partial charge in [0, 0.05) is 50.6 Å². The number of imidazole rings is 1. The summed E-state index contributed by atoms with van der Waals surface area (Å²) in [6.45, 7) is 3.77. The van der Waals surface area contributed by atoms with Gasteiger partial charge in [0.1, 0.15) is 11.6 Å². The van der Waals surface area contributed by atoms with Gasteiger partial charge in [-0.2, -0.15) is 0 Å². The van der Waals surface area contributed by atoms with E-state index in [1.807, 2.05) is 22.7 Å². The maximum Gasteiger partial charge on any atom is 0.260 e. The van der Waals surface area contributed by atoms with Crippen LogP contribution < -0.4 is 4.74 Å². The standard InChI is InChI=1S/C17H20Cl2N4O2/c1-21-5-4-20-16(21)11-22-6-8-23(9-7-22)17(24)12-25-15-3-2-13(18)10-14(15)19/h2-5,10H,6-9,11-12H2,1H3. The Bertz CT molecular complexity index is 742. The van der Waals surface area contributed by atoms with Gasteiger partial charge in [-0.15, -0.1) is 0 Å². The lowest BCUT2D eigenvalue weighted by molar-refractivity contribution is -0.135. The van der Waals surface area contributed by atoms with E-state index in [0.29, 0.717) is 28.9 Å². The van der Waals surface area contributed by atoms with Crippen molar-refractivity contribution in [2.75, 3.05) is 32.8 Å². The summed E-state index contributed by atoms with van der Waals surface area (Å²) >= 11 is 11.9. The second-order valence-corrected chi connectivity index (χ2v) is 6.82. The molecule has 0 unspecified atom stereocenters. The van der Waals surface area contributed by atoms with E-state index in [4.69, 9.17) is 27.9 Å². The molecule has 2 heterocycles. The van der Waals surface area contributed by atoms with Gasteiger partial charge in [-0.1, -0.05) is 23.2 Å². The molecule has 1 saturated heterocycles. The van der Waals surface area contributed by atoms with E-state index in [1.54, 1.807) is 24.4 Å². The molecule has 8 heteroatoms. The first-order valence-electron chi connectivity index (χ1n) is 8.07. The van der Waals surface area contributed by atoms with Crippen molar-refractivity contribution >= 4 is 29.1 Å². The molecule has 25 heavy (non-hydrogen) atoms. The zero-order valence-corrected chi connectivity index (χ0v) is 15.5. The number of halogens is 2. The van der Waals surface area contributed by atoms with Crippen molar-refractivity contribution in [3.8, 4) is 5.75 Å². The molecule has 1 amide bonds. The normalized spacial score (nSPS) is 15.4. The third-order valence-corrected chi connectivity index (χ3v) is 4.79. The Labute approximate surface area is 156 Å². The third kappa shape index (κ3) is 4.66. The van der Waals surface area contributed by atoms with E-state index in [2.05, 4.69) is 9.88 Å². The van der Waals surface area contributed by atoms with Gasteiger partial charge in [0.2, 0.25) is 0 Å². The number of hydrogen-bond donors (Lipinski definition) is 0. The van der Waals surface area contributed by atoms with Crippen LogP contribution in [0.5, 0.6) is 5.75 Å². The number of piperazine rings is 1. The lowest BCUT2D eigenvalue weighted by Gasteiger charge is -2.34. The van der Waals surface area contributed by atoms with Crippen LogP contribution in [0.1, 0.15) is 5.82 Å². The highest BCUT2D eigenvalue weighted by molar-refractivity contribution is 6.35. The molecule has 1 aromatic carbocycles. The highest BCUT2D eigenvalue weighted by atomic mass is 35.5. The van der Waals surface area contributed by atoms with Gasteiger partial charge in [-0.3, -0.25) is 9.69 Å². The molecule has 1 aromatic heterocycles. The summed E-state index contributed by atoms with van der Waals surface area (Å²) in [6, 6.07) is 4.95. The smallest absolute Gasteiger partial charge is 0.260 e. The van der Waals surface area contributed by atoms with Crippen LogP contribution in [0.25, 0.3) is 0 Å². The molecule has 0 spiro atoms. The molecule has 2 aromatic rings. The number of ether oxygens (including phenoxy) is 1. The summed E-state index contributed by atoms with van der Waals surface area (Å²) in [5, 5.41) is 0.938. The summed E-state index contributed by atoms with van der Waals surface area (Å²) < 4.78 is 7.54. The van der Waals surface area contributed by atoms with Crippen LogP contribution in [0, 0.1) is 0 Å². The van der Waals surface area contributed by atoms with Gasteiger partial charge in [0.25, 0.3) is 5.91 Å². The van der Waals surface area contributed by atoms with E-state index >= 15 is 0 Å². The lowest BCUT2D eigenvalue weighted by Crippen LogP contribution is -2.49. The number of amides is 1. The van der Waals surface area contributed by atoms with Crippen LogP contribution in [0.3, 0.4) is 0 Å². The van der Waals surface area contributed by atoms with Gasteiger partial charge >= 0.3 is 0 Å². The summed E-state index contributed by atoms with van der Waals surface area (Å²) in [5.41, 5.74) is 0. The highest BCUT2D eigenvalue weighted by Gasteiger charge is 2.22. The molecule has 0 radical (unpaired) electrons. The van der Waals surface area contributed by atoms with Crippen molar-refractivity contribution in [3.63, 3.8) is 0 Å². The molecular formula is C17H20Cl2N4O2. The average Bonchev–Trinajstić information content (AvgIpc) is 2.99. The number of hydrogen-bond acceptors (Lipinski definition) is 4. The summed E-state index contributed by atoms with van der Waals surface area (Å²) in [5.74, 6) is 1.45. The maximum absolute atomic E-state index is 12.3. The first kappa shape index (κ1) is 18.0. The monoisotopic (exact) mass is 382 g/mol. The Morgan fingerprint density at radius 3 is 2.64 bits per heavy atom. The minimum absolute atomic E-state index is 0.0271. The minimum atomic E-state index is -0.0392. The fourth-order valence-corrected chi connectivity index (χ4v) is 3.19. The van der Waals surface area contributed by atoms with Crippen molar-refractivity contribution in [1.29, 1.82) is 0 Å². The van der Waals surface area contributed by atoms with Gasteiger partial charge in [-0.25, -0.2) is 4.98 Å². The van der Waals surface area contributed by atoms with Gasteiger partial charge in [-0.05, 0) is 18.2 Å². The molecular weight excluding hydrogens is 363 g/mol. The zero-order valence-electron chi connectivity index (χ0n) is 14.0. The number of aromatic nitrogens is 2. The first-order valence-corrected chi connectivity index (χ1v) is 8.82. The molecule has 0 aliphatic carbocycles. The minimum Gasteiger partial charge on any atom is -0.482 e. The first-order chi connectivity index (χ1) is 12.0. The number of aryl methyl sites for hydroxylation is 1. The Balaban J connectivity index is 1.46. The molecule has 1 aliphatic rings. The number of rotatable bonds is 5. The highest BCUT2D eigenvalue weighted by Crippen LogP contribution is 2.27. The van der Waals surface area contributed by atoms with Crippen molar-refractivity contribution in [2.45, 2.75) is 6.54 Å². The molecule has 0 bridgehead atoms. The van der Waals surface area contributed by atoms with Crippen LogP contribution in [0.15, 0.2) is 30.6 Å². The lowest BCUT2D eigenvalue weighted by atomic mass is 10.3. The van der Waals surface area contributed by atoms with E-state index in [0.717, 1.165) is 25.5 Å². The van der Waals surface area contributed by atoms with E-state index < -0.39 is 0 Å². The van der Waals surface area contributed by atoms with Gasteiger partial charge < -0.3 is 14.2 Å². The fraction of sp³-hybridized carbons (Fsp3) is 0.412. The molecule has 3 rings (SSSR count). The third-order valence-electron chi connectivity index (χ3n) is 4.26. The molecule has 0 atom stereocenters. The van der Waals surface area contributed by atoms with Crippen LogP contribution in [0.4, 0.5) is 0 Å². The van der Waals surface area contributed by atoms with E-state index in [1.165, 1.54) is 0 Å². The van der Waals surface area contributed by atoms with Crippen molar-refractivity contribution in [2.24, 2.45) is 7.05 Å². The SMILES string of the molecule is Cn1ccnc1CN1CCN(C(=O)COc2ccc(Cl)cc2Cl)CC1. The van der Waals surface area contributed by atoms with Crippen molar-refractivity contribution in [3.05, 3.63) is 46.5 Å². The van der Waals surface area contributed by atoms with Crippen LogP contribution in [-0.2, 0) is 18.4 Å². The number of nitrogens with zero attached hydrogens (tertiary/aromatic N) is 4. The number of carbonyl (C=O) groups is 1. The predicted molar refractivity (Wildman–Crippen MR) is 97.0 cm³/mol. The largest absolute Gasteiger partial charge is 0.482 e. The molecule has 0 N–H and O–H groups in total. The van der Waals surface area contributed by atoms with Crippen LogP contribution >= 0.6 is 23.2 Å². The molecule has 6 nitrogen and oxygen atoms in total. The second kappa shape index (κ2) is 8.08. The summed E-state index contributed by atoms with van der Waals surface area (Å²) in [6.07, 6.45) is 3.74. The Morgan fingerprint density at radius 1 is 1.24 bits per heavy atom. The molecule has 134 valence electrons. The van der Waals surface area contributed by atoms with Crippen molar-refractivity contribution < 1.29 is 9.53 Å². The maximum atomic E-state index is 12.3. The second-order valence-electron chi connectivity index (χ2n) is 5.97. The quantitative estimate of drug-likeness (QED) is 0.796. The van der Waals surface area contributed by atoms with Gasteiger partial charge in [0.05, 0.1) is 11.6 Å². The Hall–Kier alpha value is -1.76. The number of carbonyl (C=O) groups excluding carboxylic acids is 1. The predicted octanol–water partition coefficient (Wildman–Crippen LogP) is 2.45. The van der Waals surface area contributed by atoms with E-state index in [9.17, 15) is 4.79 Å². The zero-order chi connectivity index (χ0) is 17.8. The Kier molecular flexibility index (Phi) is 5.83. The average molecular weight is 383 g/mol. The Morgan fingerprint density at radius 2 is 2.00 bits per heavy atom. The molecule has 1 fully saturated rings. The fourth-order valence-electron chi connectivity index (χ4n) is 2.73. The molecule has 0 saturated carbocycles. The topological polar surface area (TPSA) is 50.6 Å². The summed E-state index contributed by atoms with van der Waals surface area (Å²) in [4.78, 5) is 20.8. The van der Waals surface area contributed by atoms with Crippen molar-refractivity contribution in [1.82, 2.24) is 19.4 Å². The number of benzene rings is 1. The van der Waals surface area contributed by atoms with Crippen LogP contribution in [0.2, 0.25) is 10.0 Å². The van der Waals surface area contributed by atoms with Gasteiger partial charge in [0.15, 0.2) is 6.61 Å². The summed E-state index contributed by atoms with van der Waals surface area (Å²) in [7, 11) is 1.99. The molecule has 1 aliphatic heterocycles. The van der Waals surface area contributed by atoms with E-state index in [-0.39, 0.29) is 12.5 Å². The van der Waals surface area contributed by atoms with Crippen LogP contribution in [-0.4, -0.2) is 58.0 Å².